The number of carbonyl (C=O) groups is 1. The highest BCUT2D eigenvalue weighted by atomic mass is 79.9. The first-order valence-electron chi connectivity index (χ1n) is 9.73. The van der Waals surface area contributed by atoms with Gasteiger partial charge in [-0.25, -0.2) is 0 Å². The molecule has 0 N–H and O–H groups in total. The summed E-state index contributed by atoms with van der Waals surface area (Å²) in [6.45, 7) is 1.97. The minimum atomic E-state index is -4.76. The van der Waals surface area contributed by atoms with Crippen molar-refractivity contribution in [2.24, 2.45) is 0 Å². The van der Waals surface area contributed by atoms with Crippen LogP contribution in [0.25, 0.3) is 5.57 Å². The Labute approximate surface area is 197 Å². The van der Waals surface area contributed by atoms with Gasteiger partial charge in [0.2, 0.25) is 5.88 Å². The van der Waals surface area contributed by atoms with Gasteiger partial charge >= 0.3 is 6.18 Å². The second kappa shape index (κ2) is 12.1. The molecule has 0 bridgehead atoms. The molecule has 0 fully saturated rings. The summed E-state index contributed by atoms with van der Waals surface area (Å²) in [5.41, 5.74) is -0.894. The molecule has 8 nitrogen and oxygen atoms in total. The van der Waals surface area contributed by atoms with Gasteiger partial charge in [-0.3, -0.25) is 4.68 Å². The third-order valence-electron chi connectivity index (χ3n) is 4.49. The lowest BCUT2D eigenvalue weighted by molar-refractivity contribution is -0.295. The topological polar surface area (TPSA) is 94.9 Å². The lowest BCUT2D eigenvalue weighted by Crippen LogP contribution is -2.25. The second-order valence-corrected chi connectivity index (χ2v) is 7.42. The zero-order chi connectivity index (χ0) is 24.6. The molecule has 0 saturated carbocycles. The highest BCUT2D eigenvalue weighted by molar-refractivity contribution is 9.10. The van der Waals surface area contributed by atoms with Gasteiger partial charge in [-0.15, -0.1) is 5.10 Å². The number of methoxy groups -OCH3 is 2. The number of halogens is 4. The van der Waals surface area contributed by atoms with Crippen LogP contribution in [0, 0.1) is 0 Å². The fourth-order valence-corrected chi connectivity index (χ4v) is 3.53. The molecule has 0 aliphatic heterocycles. The summed E-state index contributed by atoms with van der Waals surface area (Å²) in [5, 5.41) is 15.4. The Morgan fingerprint density at radius 3 is 2.58 bits per heavy atom. The molecule has 1 aromatic carbocycles. The molecule has 182 valence electrons. The molecule has 0 aliphatic carbocycles. The SMILES string of the molecule is CCOCC(Cn1nc(OCc2ccccc2/C(=C\OC)C(=O)[O-])c(C(F)(F)F)c1Br)OC. The first-order chi connectivity index (χ1) is 15.6. The van der Waals surface area contributed by atoms with Crippen LogP contribution in [0.2, 0.25) is 0 Å². The normalized spacial score (nSPS) is 13.1. The van der Waals surface area contributed by atoms with Gasteiger partial charge in [-0.1, -0.05) is 24.3 Å². The van der Waals surface area contributed by atoms with Crippen LogP contribution >= 0.6 is 15.9 Å². The largest absolute Gasteiger partial charge is 0.545 e. The number of hydrogen-bond acceptors (Lipinski definition) is 7. The molecule has 0 amide bonds. The average molecular weight is 536 g/mol. The van der Waals surface area contributed by atoms with Crippen LogP contribution in [0.3, 0.4) is 0 Å². The maximum Gasteiger partial charge on any atom is 0.424 e. The molecule has 0 spiro atoms. The highest BCUT2D eigenvalue weighted by Gasteiger charge is 2.41. The number of ether oxygens (including phenoxy) is 4. The van der Waals surface area contributed by atoms with Crippen molar-refractivity contribution in [2.75, 3.05) is 27.4 Å². The first-order valence-corrected chi connectivity index (χ1v) is 10.5. The summed E-state index contributed by atoms with van der Waals surface area (Å²) in [6.07, 6.45) is -4.33. The zero-order valence-corrected chi connectivity index (χ0v) is 19.7. The summed E-state index contributed by atoms with van der Waals surface area (Å²) in [5.74, 6) is -2.17. The Morgan fingerprint density at radius 2 is 2.00 bits per heavy atom. The van der Waals surface area contributed by atoms with E-state index in [1.54, 1.807) is 19.1 Å². The quantitative estimate of drug-likeness (QED) is 0.304. The molecule has 0 radical (unpaired) electrons. The van der Waals surface area contributed by atoms with Crippen LogP contribution in [0.4, 0.5) is 13.2 Å². The van der Waals surface area contributed by atoms with Gasteiger partial charge in [0.05, 0.1) is 38.6 Å². The molecule has 2 rings (SSSR count). The van der Waals surface area contributed by atoms with Crippen LogP contribution in [0.15, 0.2) is 35.1 Å². The van der Waals surface area contributed by atoms with E-state index in [1.807, 2.05) is 0 Å². The van der Waals surface area contributed by atoms with Crippen molar-refractivity contribution < 1.29 is 42.0 Å². The van der Waals surface area contributed by atoms with E-state index >= 15 is 0 Å². The number of hydrogen-bond donors (Lipinski definition) is 0. The lowest BCUT2D eigenvalue weighted by Gasteiger charge is -2.15. The number of aromatic nitrogens is 2. The maximum atomic E-state index is 13.8. The molecule has 12 heteroatoms. The number of alkyl halides is 3. The molecule has 1 atom stereocenters. The molecule has 1 aromatic heterocycles. The lowest BCUT2D eigenvalue weighted by atomic mass is 10.0. The number of carboxylic acids is 1. The molecule has 1 heterocycles. The molecule has 1 unspecified atom stereocenters. The fraction of sp³-hybridized carbons (Fsp3) is 0.429. The smallest absolute Gasteiger partial charge is 0.424 e. The second-order valence-electron chi connectivity index (χ2n) is 6.67. The molecule has 0 saturated heterocycles. The number of nitrogens with zero attached hydrogens (tertiary/aromatic N) is 2. The van der Waals surface area contributed by atoms with Crippen LogP contribution in [-0.2, 0) is 38.3 Å². The summed E-state index contributed by atoms with van der Waals surface area (Å²) < 4.78 is 62.7. The standard InChI is InChI=1S/C21H24BrF3N2O6/c1-4-32-11-14(31-3)9-27-18(22)17(21(23,24)25)19(26-27)33-10-13-7-5-6-8-15(13)16(12-30-2)20(28)29/h5-8,12,14H,4,9-11H2,1-3H3,(H,28,29)/p-1/b16-12+. The van der Waals surface area contributed by atoms with Crippen LogP contribution < -0.4 is 9.84 Å². The first kappa shape index (κ1) is 26.7. The number of carbonyl (C=O) groups excluding carboxylic acids is 1. The Kier molecular flexibility index (Phi) is 9.74. The predicted octanol–water partition coefficient (Wildman–Crippen LogP) is 3.03. The third kappa shape index (κ3) is 6.95. The van der Waals surface area contributed by atoms with E-state index in [4.69, 9.17) is 18.9 Å². The Bertz CT molecular complexity index is 977. The molecular weight excluding hydrogens is 513 g/mol. The maximum absolute atomic E-state index is 13.8. The van der Waals surface area contributed by atoms with Crippen LogP contribution in [0.1, 0.15) is 23.6 Å². The van der Waals surface area contributed by atoms with Crippen molar-refractivity contribution >= 4 is 27.5 Å². The zero-order valence-electron chi connectivity index (χ0n) is 18.1. The Hall–Kier alpha value is -2.57. The van der Waals surface area contributed by atoms with Crippen molar-refractivity contribution in [3.63, 3.8) is 0 Å². The van der Waals surface area contributed by atoms with Crippen molar-refractivity contribution in [3.05, 3.63) is 51.8 Å². The van der Waals surface area contributed by atoms with Gasteiger partial charge < -0.3 is 28.8 Å². The van der Waals surface area contributed by atoms with Gasteiger partial charge in [-0.2, -0.15) is 13.2 Å². The van der Waals surface area contributed by atoms with Gasteiger partial charge in [0, 0.05) is 19.3 Å². The van der Waals surface area contributed by atoms with E-state index in [0.29, 0.717) is 12.2 Å². The van der Waals surface area contributed by atoms with Crippen molar-refractivity contribution in [1.29, 1.82) is 0 Å². The fourth-order valence-electron chi connectivity index (χ4n) is 2.91. The van der Waals surface area contributed by atoms with Gasteiger partial charge in [0.25, 0.3) is 0 Å². The molecular formula is C21H23BrF3N2O6-. The number of carboxylic acid groups (broad SMARTS) is 1. The van der Waals surface area contributed by atoms with Crippen molar-refractivity contribution in [3.8, 4) is 5.88 Å². The summed E-state index contributed by atoms with van der Waals surface area (Å²) in [7, 11) is 2.68. The predicted molar refractivity (Wildman–Crippen MR) is 113 cm³/mol. The Balaban J connectivity index is 2.37. The van der Waals surface area contributed by atoms with E-state index in [2.05, 4.69) is 21.0 Å². The summed E-state index contributed by atoms with van der Waals surface area (Å²) >= 11 is 2.96. The van der Waals surface area contributed by atoms with Gasteiger partial charge in [0.1, 0.15) is 11.2 Å². The monoisotopic (exact) mass is 535 g/mol. The Morgan fingerprint density at radius 1 is 1.30 bits per heavy atom. The van der Waals surface area contributed by atoms with E-state index in [9.17, 15) is 23.1 Å². The number of benzene rings is 1. The molecule has 33 heavy (non-hydrogen) atoms. The minimum Gasteiger partial charge on any atom is -0.545 e. The highest BCUT2D eigenvalue weighted by Crippen LogP contribution is 2.41. The van der Waals surface area contributed by atoms with Crippen molar-refractivity contribution in [1.82, 2.24) is 9.78 Å². The summed E-state index contributed by atoms with van der Waals surface area (Å²) in [4.78, 5) is 11.5. The van der Waals surface area contributed by atoms with E-state index < -0.39 is 29.7 Å². The molecule has 0 aliphatic rings. The third-order valence-corrected chi connectivity index (χ3v) is 5.29. The van der Waals surface area contributed by atoms with Crippen molar-refractivity contribution in [2.45, 2.75) is 32.4 Å². The van der Waals surface area contributed by atoms with E-state index in [1.165, 1.54) is 26.4 Å². The van der Waals surface area contributed by atoms with E-state index in [0.717, 1.165) is 10.9 Å². The van der Waals surface area contributed by atoms with Crippen LogP contribution in [-0.4, -0.2) is 49.3 Å². The minimum absolute atomic E-state index is 0.0223. The van der Waals surface area contributed by atoms with Gasteiger partial charge in [0.15, 0.2) is 5.56 Å². The van der Waals surface area contributed by atoms with E-state index in [-0.39, 0.29) is 35.5 Å². The summed E-state index contributed by atoms with van der Waals surface area (Å²) in [6, 6.07) is 6.15. The number of aliphatic carboxylic acids is 1. The molecule has 2 aromatic rings. The van der Waals surface area contributed by atoms with Crippen LogP contribution in [0.5, 0.6) is 5.88 Å². The average Bonchev–Trinajstić information content (AvgIpc) is 3.08. The number of rotatable bonds is 12. The van der Waals surface area contributed by atoms with Gasteiger partial charge in [-0.05, 0) is 34.0 Å².